The molecule has 0 radical (unpaired) electrons. The molecule has 0 saturated carbocycles. The van der Waals surface area contributed by atoms with Crippen molar-refractivity contribution in [1.29, 1.82) is 0 Å². The Balaban J connectivity index is 0.000001000. The minimum Gasteiger partial charge on any atom is -0.277 e. The lowest BCUT2D eigenvalue weighted by atomic mass is 9.99. The van der Waals surface area contributed by atoms with Crippen LogP contribution in [0, 0.1) is 5.92 Å². The molecule has 0 bridgehead atoms. The van der Waals surface area contributed by atoms with Gasteiger partial charge in [-0.25, -0.2) is 4.39 Å². The van der Waals surface area contributed by atoms with Gasteiger partial charge >= 0.3 is 0 Å². The molecule has 1 saturated heterocycles. The predicted octanol–water partition coefficient (Wildman–Crippen LogP) is 2.02. The highest BCUT2D eigenvalue weighted by atomic mass is 35.5. The van der Waals surface area contributed by atoms with Crippen LogP contribution in [0.3, 0.4) is 0 Å². The maximum atomic E-state index is 12.0. The van der Waals surface area contributed by atoms with E-state index in [1.807, 2.05) is 0 Å². The van der Waals surface area contributed by atoms with E-state index in [4.69, 9.17) is 0 Å². The predicted molar refractivity (Wildman–Crippen MR) is 43.5 cm³/mol. The van der Waals surface area contributed by atoms with E-state index in [0.29, 0.717) is 0 Å². The van der Waals surface area contributed by atoms with Crippen molar-refractivity contribution < 1.29 is 8.78 Å². The Kier molecular flexibility index (Phi) is 5.78. The number of alkyl halides is 2. The van der Waals surface area contributed by atoms with E-state index in [9.17, 15) is 8.78 Å². The molecule has 1 aliphatic heterocycles. The minimum atomic E-state index is -0.376. The molecule has 0 amide bonds. The SMILES string of the molecule is Cl.FCC1CCN(CF)CC1. The molecule has 1 rings (SSSR count). The van der Waals surface area contributed by atoms with Crippen LogP contribution in [-0.4, -0.2) is 31.5 Å². The van der Waals surface area contributed by atoms with Gasteiger partial charge in [-0.2, -0.15) is 0 Å². The van der Waals surface area contributed by atoms with Crippen molar-refractivity contribution in [3.63, 3.8) is 0 Å². The van der Waals surface area contributed by atoms with E-state index in [-0.39, 0.29) is 31.8 Å². The average molecular weight is 186 g/mol. The minimum absolute atomic E-state index is 0. The fourth-order valence-corrected chi connectivity index (χ4v) is 1.26. The number of nitrogens with zero attached hydrogens (tertiary/aromatic N) is 1. The van der Waals surface area contributed by atoms with Crippen LogP contribution in [0.25, 0.3) is 0 Å². The Labute approximate surface area is 72.2 Å². The Morgan fingerprint density at radius 1 is 1.18 bits per heavy atom. The summed E-state index contributed by atoms with van der Waals surface area (Å²) in [5, 5.41) is 0. The average Bonchev–Trinajstić information content (AvgIpc) is 2.05. The zero-order valence-corrected chi connectivity index (χ0v) is 7.25. The van der Waals surface area contributed by atoms with E-state index < -0.39 is 0 Å². The van der Waals surface area contributed by atoms with E-state index in [1.54, 1.807) is 4.90 Å². The first kappa shape index (κ1) is 11.1. The van der Waals surface area contributed by atoms with Gasteiger partial charge < -0.3 is 0 Å². The zero-order chi connectivity index (χ0) is 7.40. The van der Waals surface area contributed by atoms with Crippen molar-refractivity contribution in [2.45, 2.75) is 12.8 Å². The smallest absolute Gasteiger partial charge is 0.143 e. The first-order chi connectivity index (χ1) is 4.86. The first-order valence-electron chi connectivity index (χ1n) is 3.71. The van der Waals surface area contributed by atoms with Gasteiger partial charge in [0.1, 0.15) is 6.80 Å². The third-order valence-corrected chi connectivity index (χ3v) is 2.09. The molecule has 1 fully saturated rings. The van der Waals surface area contributed by atoms with Gasteiger partial charge in [-0.15, -0.1) is 12.4 Å². The summed E-state index contributed by atoms with van der Waals surface area (Å²) in [7, 11) is 0. The Morgan fingerprint density at radius 2 is 1.73 bits per heavy atom. The quantitative estimate of drug-likeness (QED) is 0.595. The maximum absolute atomic E-state index is 12.0. The highest BCUT2D eigenvalue weighted by molar-refractivity contribution is 5.85. The lowest BCUT2D eigenvalue weighted by molar-refractivity contribution is 0.119. The molecule has 11 heavy (non-hydrogen) atoms. The second kappa shape index (κ2) is 5.72. The van der Waals surface area contributed by atoms with Crippen LogP contribution < -0.4 is 0 Å². The second-order valence-corrected chi connectivity index (χ2v) is 2.84. The molecule has 0 aliphatic carbocycles. The number of piperidine rings is 1. The van der Waals surface area contributed by atoms with Crippen LogP contribution >= 0.6 is 12.4 Å². The van der Waals surface area contributed by atoms with Gasteiger partial charge in [0.05, 0.1) is 6.67 Å². The fourth-order valence-electron chi connectivity index (χ4n) is 1.26. The fraction of sp³-hybridized carbons (Fsp3) is 1.00. The maximum Gasteiger partial charge on any atom is 0.143 e. The van der Waals surface area contributed by atoms with E-state index in [2.05, 4.69) is 0 Å². The Bertz CT molecular complexity index is 82.4. The lowest BCUT2D eigenvalue weighted by Gasteiger charge is -2.27. The van der Waals surface area contributed by atoms with Crippen molar-refractivity contribution in [2.75, 3.05) is 26.6 Å². The summed E-state index contributed by atoms with van der Waals surface area (Å²) in [6, 6.07) is 0. The molecule has 68 valence electrons. The van der Waals surface area contributed by atoms with Crippen molar-refractivity contribution in [3.8, 4) is 0 Å². The van der Waals surface area contributed by atoms with Crippen LogP contribution in [-0.2, 0) is 0 Å². The van der Waals surface area contributed by atoms with Crippen LogP contribution in [0.4, 0.5) is 8.78 Å². The highest BCUT2D eigenvalue weighted by Gasteiger charge is 2.17. The van der Waals surface area contributed by atoms with Crippen LogP contribution in [0.15, 0.2) is 0 Å². The van der Waals surface area contributed by atoms with E-state index in [1.165, 1.54) is 0 Å². The molecule has 0 unspecified atom stereocenters. The molecule has 0 spiro atoms. The summed E-state index contributed by atoms with van der Waals surface area (Å²) in [6.07, 6.45) is 1.64. The van der Waals surface area contributed by atoms with Gasteiger partial charge in [-0.05, 0) is 18.8 Å². The van der Waals surface area contributed by atoms with Crippen LogP contribution in [0.1, 0.15) is 12.8 Å². The van der Waals surface area contributed by atoms with Gasteiger partial charge in [0.2, 0.25) is 0 Å². The van der Waals surface area contributed by atoms with Crippen molar-refractivity contribution in [3.05, 3.63) is 0 Å². The summed E-state index contributed by atoms with van der Waals surface area (Å²) in [4.78, 5) is 1.71. The largest absolute Gasteiger partial charge is 0.277 e. The molecule has 0 aromatic heterocycles. The van der Waals surface area contributed by atoms with Gasteiger partial charge in [-0.3, -0.25) is 9.29 Å². The van der Waals surface area contributed by atoms with Gasteiger partial charge in [0.25, 0.3) is 0 Å². The Morgan fingerprint density at radius 3 is 2.09 bits per heavy atom. The van der Waals surface area contributed by atoms with Crippen molar-refractivity contribution in [1.82, 2.24) is 4.90 Å². The summed E-state index contributed by atoms with van der Waals surface area (Å²) < 4.78 is 23.9. The summed E-state index contributed by atoms with van der Waals surface area (Å²) in [5.74, 6) is 0.197. The normalized spacial score (nSPS) is 21.3. The third-order valence-electron chi connectivity index (χ3n) is 2.09. The first-order valence-corrected chi connectivity index (χ1v) is 3.71. The molecular weight excluding hydrogens is 172 g/mol. The van der Waals surface area contributed by atoms with Gasteiger partial charge in [0, 0.05) is 13.1 Å². The number of likely N-dealkylation sites (tertiary alicyclic amines) is 1. The van der Waals surface area contributed by atoms with E-state index >= 15 is 0 Å². The van der Waals surface area contributed by atoms with Crippen molar-refractivity contribution in [2.24, 2.45) is 5.92 Å². The number of rotatable bonds is 2. The standard InChI is InChI=1S/C7H13F2N.ClH/c8-5-7-1-3-10(6-9)4-2-7;/h7H,1-6H2;1H. The number of hydrogen-bond acceptors (Lipinski definition) is 1. The lowest BCUT2D eigenvalue weighted by Crippen LogP contribution is -2.33. The molecule has 4 heteroatoms. The van der Waals surface area contributed by atoms with Gasteiger partial charge in [0.15, 0.2) is 0 Å². The number of hydrogen-bond donors (Lipinski definition) is 0. The molecule has 0 atom stereocenters. The molecular formula is C7H14ClF2N. The molecule has 1 heterocycles. The molecule has 0 N–H and O–H groups in total. The topological polar surface area (TPSA) is 3.24 Å². The van der Waals surface area contributed by atoms with Crippen LogP contribution in [0.5, 0.6) is 0 Å². The Hall–Kier alpha value is 0.110. The second-order valence-electron chi connectivity index (χ2n) is 2.84. The zero-order valence-electron chi connectivity index (χ0n) is 6.43. The van der Waals surface area contributed by atoms with Crippen LogP contribution in [0.2, 0.25) is 0 Å². The molecule has 1 aliphatic rings. The summed E-state index contributed by atoms with van der Waals surface area (Å²) in [6.45, 7) is 0.843. The van der Waals surface area contributed by atoms with E-state index in [0.717, 1.165) is 25.9 Å². The third kappa shape index (κ3) is 3.34. The van der Waals surface area contributed by atoms with Gasteiger partial charge in [-0.1, -0.05) is 0 Å². The monoisotopic (exact) mass is 185 g/mol. The molecule has 1 nitrogen and oxygen atoms in total. The number of halogens is 3. The summed E-state index contributed by atoms with van der Waals surface area (Å²) >= 11 is 0. The molecule has 0 aromatic carbocycles. The summed E-state index contributed by atoms with van der Waals surface area (Å²) in [5.41, 5.74) is 0. The van der Waals surface area contributed by atoms with Crippen molar-refractivity contribution >= 4 is 12.4 Å². The highest BCUT2D eigenvalue weighted by Crippen LogP contribution is 2.16. The molecule has 0 aromatic rings.